The Morgan fingerprint density at radius 1 is 1.47 bits per heavy atom. The molecule has 2 aliphatic rings. The van der Waals surface area contributed by atoms with E-state index in [0.717, 1.165) is 45.3 Å². The number of rotatable bonds is 5. The lowest BCUT2D eigenvalue weighted by Gasteiger charge is -2.41. The summed E-state index contributed by atoms with van der Waals surface area (Å²) in [5.41, 5.74) is 1.34. The van der Waals surface area contributed by atoms with Crippen LogP contribution in [0, 0.1) is 11.3 Å². The molecule has 1 aliphatic heterocycles. The molecule has 19 heavy (non-hydrogen) atoms. The zero-order chi connectivity index (χ0) is 13.0. The molecule has 0 aromatic heterocycles. The molecule has 4 heteroatoms. The Morgan fingerprint density at radius 3 is 2.68 bits per heavy atom. The number of halogens is 1. The first-order valence-electron chi connectivity index (χ1n) is 7.29. The van der Waals surface area contributed by atoms with Crippen molar-refractivity contribution >= 4 is 18.3 Å². The van der Waals surface area contributed by atoms with Crippen LogP contribution in [0.15, 0.2) is 11.6 Å². The summed E-state index contributed by atoms with van der Waals surface area (Å²) >= 11 is 0. The van der Waals surface area contributed by atoms with Gasteiger partial charge >= 0.3 is 0 Å². The fourth-order valence-electron chi connectivity index (χ4n) is 3.12. The first-order chi connectivity index (χ1) is 8.62. The molecule has 0 atom stereocenters. The summed E-state index contributed by atoms with van der Waals surface area (Å²) in [6.45, 7) is 7.16. The van der Waals surface area contributed by atoms with Crippen molar-refractivity contribution in [2.24, 2.45) is 11.3 Å². The molecule has 0 bridgehead atoms. The molecule has 2 N–H and O–H groups in total. The number of hydrogen-bond donors (Lipinski definition) is 2. The standard InChI is InChI=1S/C15H26N2O.ClH/c1-12(2)10-15(6-3-7-15)14(18)17-11-13-4-8-16-9-5-13;/h4,12,16H,3,5-11H2,1-2H3,(H,17,18);1H. The van der Waals surface area contributed by atoms with Crippen LogP contribution in [-0.2, 0) is 4.79 Å². The van der Waals surface area contributed by atoms with Crippen LogP contribution in [0.3, 0.4) is 0 Å². The van der Waals surface area contributed by atoms with E-state index in [-0.39, 0.29) is 17.8 Å². The van der Waals surface area contributed by atoms with Crippen molar-refractivity contribution in [1.82, 2.24) is 10.6 Å². The summed E-state index contributed by atoms with van der Waals surface area (Å²) in [4.78, 5) is 12.4. The normalized spacial score (nSPS) is 21.1. The Balaban J connectivity index is 0.00000180. The molecule has 1 heterocycles. The van der Waals surface area contributed by atoms with Gasteiger partial charge in [0.1, 0.15) is 0 Å². The second kappa shape index (κ2) is 7.30. The highest BCUT2D eigenvalue weighted by Crippen LogP contribution is 2.46. The first-order valence-corrected chi connectivity index (χ1v) is 7.29. The van der Waals surface area contributed by atoms with Gasteiger partial charge in [-0.2, -0.15) is 0 Å². The fourth-order valence-corrected chi connectivity index (χ4v) is 3.12. The van der Waals surface area contributed by atoms with Crippen molar-refractivity contribution in [1.29, 1.82) is 0 Å². The highest BCUT2D eigenvalue weighted by molar-refractivity contribution is 5.85. The van der Waals surface area contributed by atoms with Gasteiger partial charge in [0.15, 0.2) is 0 Å². The maximum Gasteiger partial charge on any atom is 0.226 e. The molecule has 2 rings (SSSR count). The number of hydrogen-bond acceptors (Lipinski definition) is 2. The lowest BCUT2D eigenvalue weighted by molar-refractivity contribution is -0.137. The van der Waals surface area contributed by atoms with Crippen molar-refractivity contribution in [3.63, 3.8) is 0 Å². The van der Waals surface area contributed by atoms with Gasteiger partial charge in [-0.1, -0.05) is 31.9 Å². The lowest BCUT2D eigenvalue weighted by Crippen LogP contribution is -2.47. The van der Waals surface area contributed by atoms with Crippen LogP contribution in [-0.4, -0.2) is 25.5 Å². The average molecular weight is 287 g/mol. The Kier molecular flexibility index (Phi) is 6.34. The van der Waals surface area contributed by atoms with Gasteiger partial charge in [-0.05, 0) is 38.1 Å². The van der Waals surface area contributed by atoms with Gasteiger partial charge in [0, 0.05) is 18.5 Å². The van der Waals surface area contributed by atoms with Gasteiger partial charge in [0.25, 0.3) is 0 Å². The van der Waals surface area contributed by atoms with Gasteiger partial charge in [0.2, 0.25) is 5.91 Å². The summed E-state index contributed by atoms with van der Waals surface area (Å²) in [6, 6.07) is 0. The molecular formula is C15H27ClN2O. The Labute approximate surface area is 123 Å². The van der Waals surface area contributed by atoms with Gasteiger partial charge in [-0.3, -0.25) is 4.79 Å². The van der Waals surface area contributed by atoms with Crippen molar-refractivity contribution in [3.05, 3.63) is 11.6 Å². The minimum absolute atomic E-state index is 0. The molecule has 0 unspecified atom stereocenters. The van der Waals surface area contributed by atoms with E-state index in [1.807, 2.05) is 0 Å². The van der Waals surface area contributed by atoms with Crippen LogP contribution >= 0.6 is 12.4 Å². The first kappa shape index (κ1) is 16.5. The molecule has 3 nitrogen and oxygen atoms in total. The van der Waals surface area contributed by atoms with E-state index >= 15 is 0 Å². The van der Waals surface area contributed by atoms with E-state index < -0.39 is 0 Å². The smallest absolute Gasteiger partial charge is 0.226 e. The zero-order valence-corrected chi connectivity index (χ0v) is 12.9. The van der Waals surface area contributed by atoms with Crippen LogP contribution in [0.2, 0.25) is 0 Å². The molecule has 1 fully saturated rings. The molecule has 1 aliphatic carbocycles. The minimum atomic E-state index is -0.0400. The van der Waals surface area contributed by atoms with Gasteiger partial charge in [-0.25, -0.2) is 0 Å². The third-order valence-corrected chi connectivity index (χ3v) is 4.23. The topological polar surface area (TPSA) is 41.1 Å². The van der Waals surface area contributed by atoms with Gasteiger partial charge < -0.3 is 10.6 Å². The molecule has 1 amide bonds. The molecular weight excluding hydrogens is 260 g/mol. The summed E-state index contributed by atoms with van der Waals surface area (Å²) in [6.07, 6.45) is 7.69. The maximum atomic E-state index is 12.4. The van der Waals surface area contributed by atoms with Crippen molar-refractivity contribution in [2.75, 3.05) is 19.6 Å². The number of carbonyl (C=O) groups is 1. The van der Waals surface area contributed by atoms with Crippen LogP contribution in [0.5, 0.6) is 0 Å². The van der Waals surface area contributed by atoms with E-state index in [2.05, 4.69) is 30.6 Å². The third-order valence-electron chi connectivity index (χ3n) is 4.23. The van der Waals surface area contributed by atoms with E-state index in [9.17, 15) is 4.79 Å². The third kappa shape index (κ3) is 4.22. The predicted octanol–water partition coefficient (Wildman–Crippen LogP) is 2.66. The molecule has 0 spiro atoms. The highest BCUT2D eigenvalue weighted by atomic mass is 35.5. The van der Waals surface area contributed by atoms with Crippen molar-refractivity contribution in [2.45, 2.75) is 46.0 Å². The monoisotopic (exact) mass is 286 g/mol. The number of amides is 1. The van der Waals surface area contributed by atoms with E-state index in [0.29, 0.717) is 11.8 Å². The van der Waals surface area contributed by atoms with Crippen LogP contribution in [0.4, 0.5) is 0 Å². The van der Waals surface area contributed by atoms with Crippen LogP contribution in [0.1, 0.15) is 46.0 Å². The summed E-state index contributed by atoms with van der Waals surface area (Å²) in [5.74, 6) is 0.899. The lowest BCUT2D eigenvalue weighted by atomic mass is 9.64. The molecule has 0 radical (unpaired) electrons. The molecule has 1 saturated carbocycles. The molecule has 0 aromatic rings. The Bertz CT molecular complexity index is 335. The van der Waals surface area contributed by atoms with Crippen LogP contribution in [0.25, 0.3) is 0 Å². The summed E-state index contributed by atoms with van der Waals surface area (Å²) in [5, 5.41) is 6.46. The summed E-state index contributed by atoms with van der Waals surface area (Å²) in [7, 11) is 0. The van der Waals surface area contributed by atoms with E-state index in [4.69, 9.17) is 0 Å². The Morgan fingerprint density at radius 2 is 2.21 bits per heavy atom. The number of nitrogens with one attached hydrogen (secondary N) is 2. The quantitative estimate of drug-likeness (QED) is 0.763. The molecule has 0 aromatic carbocycles. The molecule has 110 valence electrons. The predicted molar refractivity (Wildman–Crippen MR) is 81.6 cm³/mol. The van der Waals surface area contributed by atoms with Gasteiger partial charge in [0.05, 0.1) is 0 Å². The summed E-state index contributed by atoms with van der Waals surface area (Å²) < 4.78 is 0. The minimum Gasteiger partial charge on any atom is -0.352 e. The number of carbonyl (C=O) groups excluding carboxylic acids is 1. The molecule has 0 saturated heterocycles. The van der Waals surface area contributed by atoms with E-state index in [1.165, 1.54) is 12.0 Å². The maximum absolute atomic E-state index is 12.4. The largest absolute Gasteiger partial charge is 0.352 e. The zero-order valence-electron chi connectivity index (χ0n) is 12.1. The average Bonchev–Trinajstić information content (AvgIpc) is 2.32. The van der Waals surface area contributed by atoms with Crippen molar-refractivity contribution < 1.29 is 4.79 Å². The van der Waals surface area contributed by atoms with Crippen molar-refractivity contribution in [3.8, 4) is 0 Å². The highest BCUT2D eigenvalue weighted by Gasteiger charge is 2.43. The second-order valence-corrected chi connectivity index (χ2v) is 6.23. The van der Waals surface area contributed by atoms with Crippen LogP contribution < -0.4 is 10.6 Å². The van der Waals surface area contributed by atoms with Gasteiger partial charge in [-0.15, -0.1) is 12.4 Å². The Hall–Kier alpha value is -0.540. The fraction of sp³-hybridized carbons (Fsp3) is 0.800. The SMILES string of the molecule is CC(C)CC1(C(=O)NCC2=CCNCC2)CCC1.Cl. The van der Waals surface area contributed by atoms with E-state index in [1.54, 1.807) is 0 Å². The second-order valence-electron chi connectivity index (χ2n) is 6.23.